The van der Waals surface area contributed by atoms with Crippen LogP contribution < -0.4 is 0 Å². The maximum absolute atomic E-state index is 2.40. The third-order valence-electron chi connectivity index (χ3n) is 4.06. The van der Waals surface area contributed by atoms with Gasteiger partial charge in [-0.05, 0) is 52.3 Å². The average molecular weight is 294 g/mol. The molecule has 0 amide bonds. The molecule has 0 fully saturated rings. The molecule has 0 spiro atoms. The van der Waals surface area contributed by atoms with Crippen molar-refractivity contribution in [3.63, 3.8) is 0 Å². The van der Waals surface area contributed by atoms with Crippen molar-refractivity contribution in [1.82, 2.24) is 0 Å². The maximum Gasteiger partial charge on any atom is 0.0345 e. The standard InChI is InChI=1S/C20H22S/c1-2-3-4-5-11-18-14-16-9-6-7-10-17(16)15-19(18)20-12-8-13-21-20/h6-10,12-15H,2-5,11H2,1H3. The number of thiophene rings is 1. The summed E-state index contributed by atoms with van der Waals surface area (Å²) in [6.45, 7) is 2.27. The lowest BCUT2D eigenvalue weighted by molar-refractivity contribution is 0.667. The highest BCUT2D eigenvalue weighted by molar-refractivity contribution is 7.13. The Labute approximate surface area is 131 Å². The average Bonchev–Trinajstić information content (AvgIpc) is 3.05. The van der Waals surface area contributed by atoms with Gasteiger partial charge in [0.15, 0.2) is 0 Å². The molecule has 0 bridgehead atoms. The number of hydrogen-bond donors (Lipinski definition) is 0. The van der Waals surface area contributed by atoms with E-state index in [1.54, 1.807) is 0 Å². The lowest BCUT2D eigenvalue weighted by atomic mass is 9.96. The van der Waals surface area contributed by atoms with E-state index in [4.69, 9.17) is 0 Å². The van der Waals surface area contributed by atoms with Gasteiger partial charge in [-0.3, -0.25) is 0 Å². The topological polar surface area (TPSA) is 0 Å². The first-order valence-corrected chi connectivity index (χ1v) is 8.82. The Hall–Kier alpha value is -1.60. The molecule has 0 radical (unpaired) electrons. The number of hydrogen-bond acceptors (Lipinski definition) is 1. The molecule has 0 atom stereocenters. The Morgan fingerprint density at radius 1 is 0.857 bits per heavy atom. The normalized spacial score (nSPS) is 11.1. The van der Waals surface area contributed by atoms with Crippen LogP contribution in [0.4, 0.5) is 0 Å². The van der Waals surface area contributed by atoms with Crippen LogP contribution in [0.1, 0.15) is 38.2 Å². The Kier molecular flexibility index (Phi) is 4.72. The Balaban J connectivity index is 1.96. The Morgan fingerprint density at radius 3 is 2.38 bits per heavy atom. The molecule has 3 aromatic rings. The van der Waals surface area contributed by atoms with E-state index in [1.165, 1.54) is 58.9 Å². The highest BCUT2D eigenvalue weighted by Crippen LogP contribution is 2.32. The molecule has 1 heterocycles. The molecule has 0 unspecified atom stereocenters. The predicted octanol–water partition coefficient (Wildman–Crippen LogP) is 6.69. The van der Waals surface area contributed by atoms with Gasteiger partial charge in [0.1, 0.15) is 0 Å². The van der Waals surface area contributed by atoms with E-state index >= 15 is 0 Å². The first-order valence-electron chi connectivity index (χ1n) is 7.94. The molecule has 0 nitrogen and oxygen atoms in total. The lowest BCUT2D eigenvalue weighted by Gasteiger charge is -2.11. The van der Waals surface area contributed by atoms with Crippen molar-refractivity contribution in [3.8, 4) is 10.4 Å². The SMILES string of the molecule is CCCCCCc1cc2ccccc2cc1-c1cccs1. The van der Waals surface area contributed by atoms with E-state index in [2.05, 4.69) is 60.8 Å². The van der Waals surface area contributed by atoms with Crippen LogP contribution in [-0.4, -0.2) is 0 Å². The molecule has 3 rings (SSSR count). The van der Waals surface area contributed by atoms with Crippen molar-refractivity contribution in [2.45, 2.75) is 39.0 Å². The van der Waals surface area contributed by atoms with Crippen molar-refractivity contribution in [2.75, 3.05) is 0 Å². The molecular weight excluding hydrogens is 272 g/mol. The second kappa shape index (κ2) is 6.91. The minimum absolute atomic E-state index is 1.19. The Bertz CT molecular complexity index is 695. The first kappa shape index (κ1) is 14.3. The molecule has 0 N–H and O–H groups in total. The van der Waals surface area contributed by atoms with Gasteiger partial charge in [0, 0.05) is 4.88 Å². The number of aryl methyl sites for hydroxylation is 1. The van der Waals surface area contributed by atoms with Crippen LogP contribution in [0.5, 0.6) is 0 Å². The summed E-state index contributed by atoms with van der Waals surface area (Å²) >= 11 is 1.84. The second-order valence-electron chi connectivity index (χ2n) is 5.64. The summed E-state index contributed by atoms with van der Waals surface area (Å²) in [5, 5.41) is 4.88. The third-order valence-corrected chi connectivity index (χ3v) is 4.96. The van der Waals surface area contributed by atoms with Crippen LogP contribution in [0.15, 0.2) is 53.9 Å². The van der Waals surface area contributed by atoms with Crippen molar-refractivity contribution in [2.24, 2.45) is 0 Å². The second-order valence-corrected chi connectivity index (χ2v) is 6.59. The fourth-order valence-electron chi connectivity index (χ4n) is 2.90. The highest BCUT2D eigenvalue weighted by atomic mass is 32.1. The zero-order valence-corrected chi connectivity index (χ0v) is 13.5. The summed E-state index contributed by atoms with van der Waals surface area (Å²) in [5.74, 6) is 0. The van der Waals surface area contributed by atoms with Crippen LogP contribution in [0.2, 0.25) is 0 Å². The lowest BCUT2D eigenvalue weighted by Crippen LogP contribution is -1.91. The highest BCUT2D eigenvalue weighted by Gasteiger charge is 2.08. The van der Waals surface area contributed by atoms with Crippen LogP contribution in [0, 0.1) is 0 Å². The quantitative estimate of drug-likeness (QED) is 0.444. The monoisotopic (exact) mass is 294 g/mol. The van der Waals surface area contributed by atoms with Crippen molar-refractivity contribution < 1.29 is 0 Å². The van der Waals surface area contributed by atoms with Gasteiger partial charge in [-0.25, -0.2) is 0 Å². The summed E-state index contributed by atoms with van der Waals surface area (Å²) in [7, 11) is 0. The molecule has 0 aliphatic carbocycles. The van der Waals surface area contributed by atoms with Crippen LogP contribution in [-0.2, 0) is 6.42 Å². The molecule has 1 aromatic heterocycles. The molecule has 0 aliphatic heterocycles. The molecule has 2 aromatic carbocycles. The van der Waals surface area contributed by atoms with E-state index in [1.807, 2.05) is 11.3 Å². The van der Waals surface area contributed by atoms with Crippen LogP contribution in [0.3, 0.4) is 0 Å². The van der Waals surface area contributed by atoms with Gasteiger partial charge in [-0.2, -0.15) is 0 Å². The summed E-state index contributed by atoms with van der Waals surface area (Å²) < 4.78 is 0. The van der Waals surface area contributed by atoms with E-state index in [0.717, 1.165) is 0 Å². The number of unbranched alkanes of at least 4 members (excludes halogenated alkanes) is 3. The molecule has 0 saturated heterocycles. The summed E-state index contributed by atoms with van der Waals surface area (Å²) in [4.78, 5) is 1.39. The zero-order chi connectivity index (χ0) is 14.5. The molecule has 108 valence electrons. The van der Waals surface area contributed by atoms with Crippen LogP contribution in [0.25, 0.3) is 21.2 Å². The largest absolute Gasteiger partial charge is 0.144 e. The van der Waals surface area contributed by atoms with Gasteiger partial charge in [0.05, 0.1) is 0 Å². The molecule has 21 heavy (non-hydrogen) atoms. The molecular formula is C20H22S. The minimum Gasteiger partial charge on any atom is -0.144 e. The molecule has 1 heteroatoms. The minimum atomic E-state index is 1.19. The fourth-order valence-corrected chi connectivity index (χ4v) is 3.68. The number of benzene rings is 2. The zero-order valence-electron chi connectivity index (χ0n) is 12.6. The first-order chi connectivity index (χ1) is 10.4. The maximum atomic E-state index is 2.40. The van der Waals surface area contributed by atoms with Crippen molar-refractivity contribution in [3.05, 3.63) is 59.5 Å². The van der Waals surface area contributed by atoms with E-state index < -0.39 is 0 Å². The smallest absolute Gasteiger partial charge is 0.0345 e. The molecule has 0 saturated carbocycles. The van der Waals surface area contributed by atoms with E-state index in [-0.39, 0.29) is 0 Å². The van der Waals surface area contributed by atoms with Gasteiger partial charge >= 0.3 is 0 Å². The fraction of sp³-hybridized carbons (Fsp3) is 0.300. The molecule has 0 aliphatic rings. The van der Waals surface area contributed by atoms with E-state index in [9.17, 15) is 0 Å². The van der Waals surface area contributed by atoms with Crippen LogP contribution >= 0.6 is 11.3 Å². The van der Waals surface area contributed by atoms with Gasteiger partial charge in [0.25, 0.3) is 0 Å². The van der Waals surface area contributed by atoms with Gasteiger partial charge in [0.2, 0.25) is 0 Å². The summed E-state index contributed by atoms with van der Waals surface area (Å²) in [5.41, 5.74) is 2.94. The number of rotatable bonds is 6. The Morgan fingerprint density at radius 2 is 1.67 bits per heavy atom. The van der Waals surface area contributed by atoms with E-state index in [0.29, 0.717) is 0 Å². The number of fused-ring (bicyclic) bond motifs is 1. The van der Waals surface area contributed by atoms with Gasteiger partial charge in [-0.15, -0.1) is 11.3 Å². The van der Waals surface area contributed by atoms with Crippen molar-refractivity contribution >= 4 is 22.1 Å². The van der Waals surface area contributed by atoms with Gasteiger partial charge < -0.3 is 0 Å². The van der Waals surface area contributed by atoms with Crippen molar-refractivity contribution in [1.29, 1.82) is 0 Å². The summed E-state index contributed by atoms with van der Waals surface area (Å²) in [6.07, 6.45) is 6.48. The summed E-state index contributed by atoms with van der Waals surface area (Å²) in [6, 6.07) is 17.9. The third kappa shape index (κ3) is 3.36. The predicted molar refractivity (Wildman–Crippen MR) is 95.1 cm³/mol. The van der Waals surface area contributed by atoms with Gasteiger partial charge in [-0.1, -0.05) is 62.6 Å².